The van der Waals surface area contributed by atoms with Crippen LogP contribution in [0.3, 0.4) is 0 Å². The van der Waals surface area contributed by atoms with E-state index in [0.29, 0.717) is 18.7 Å². The van der Waals surface area contributed by atoms with E-state index < -0.39 is 10.0 Å². The first-order valence-electron chi connectivity index (χ1n) is 5.68. The zero-order chi connectivity index (χ0) is 13.3. The molecule has 7 heteroatoms. The van der Waals surface area contributed by atoms with Crippen LogP contribution in [0.15, 0.2) is 28.3 Å². The van der Waals surface area contributed by atoms with Gasteiger partial charge in [-0.25, -0.2) is 8.42 Å². The van der Waals surface area contributed by atoms with Crippen molar-refractivity contribution in [3.05, 3.63) is 23.9 Å². The van der Waals surface area contributed by atoms with Crippen LogP contribution in [0.2, 0.25) is 0 Å². The smallest absolute Gasteiger partial charge is 0.257 e. The van der Waals surface area contributed by atoms with Crippen LogP contribution in [0.25, 0.3) is 0 Å². The molecule has 2 aliphatic rings. The Labute approximate surface area is 106 Å². The molecule has 0 radical (unpaired) electrons. The van der Waals surface area contributed by atoms with Gasteiger partial charge in [0.25, 0.3) is 15.9 Å². The number of amides is 1. The van der Waals surface area contributed by atoms with Gasteiger partial charge < -0.3 is 9.80 Å². The summed E-state index contributed by atoms with van der Waals surface area (Å²) in [6.45, 7) is 2.74. The summed E-state index contributed by atoms with van der Waals surface area (Å²) in [6, 6.07) is 0. The number of amidine groups is 1. The lowest BCUT2D eigenvalue weighted by molar-refractivity contribution is -0.125. The Hall–Kier alpha value is -1.63. The number of carbonyl (C=O) groups excluding carboxylic acids is 1. The minimum Gasteiger partial charge on any atom is -0.342 e. The van der Waals surface area contributed by atoms with Crippen molar-refractivity contribution in [3.8, 4) is 0 Å². The number of hydrogen-bond acceptors (Lipinski definition) is 4. The Balaban J connectivity index is 2.41. The summed E-state index contributed by atoms with van der Waals surface area (Å²) in [7, 11) is -1.78. The van der Waals surface area contributed by atoms with Gasteiger partial charge in [0.1, 0.15) is 0 Å². The van der Waals surface area contributed by atoms with E-state index in [2.05, 4.69) is 4.40 Å². The topological polar surface area (TPSA) is 70.1 Å². The Morgan fingerprint density at radius 3 is 2.94 bits per heavy atom. The molecule has 0 saturated carbocycles. The number of likely N-dealkylation sites (N-methyl/N-ethyl adjacent to an activating group) is 1. The Morgan fingerprint density at radius 1 is 1.56 bits per heavy atom. The number of nitrogens with zero attached hydrogens (tertiary/aromatic N) is 3. The van der Waals surface area contributed by atoms with E-state index in [4.69, 9.17) is 0 Å². The maximum atomic E-state index is 12.1. The molecule has 0 atom stereocenters. The van der Waals surface area contributed by atoms with Gasteiger partial charge in [-0.1, -0.05) is 0 Å². The first-order valence-corrected chi connectivity index (χ1v) is 7.29. The summed E-state index contributed by atoms with van der Waals surface area (Å²) in [4.78, 5) is 15.3. The average Bonchev–Trinajstić information content (AvgIpc) is 2.35. The molecule has 0 aliphatic carbocycles. The molecular formula is C11H15N3O3S. The minimum atomic E-state index is -3.45. The number of rotatable bonds is 2. The van der Waals surface area contributed by atoms with Crippen LogP contribution < -0.4 is 0 Å². The molecule has 98 valence electrons. The van der Waals surface area contributed by atoms with Crippen molar-refractivity contribution in [2.45, 2.75) is 6.92 Å². The van der Waals surface area contributed by atoms with Gasteiger partial charge in [-0.3, -0.25) is 4.79 Å². The number of allylic oxidation sites excluding steroid dienone is 2. The highest BCUT2D eigenvalue weighted by Crippen LogP contribution is 2.18. The van der Waals surface area contributed by atoms with E-state index in [-0.39, 0.29) is 17.5 Å². The van der Waals surface area contributed by atoms with E-state index >= 15 is 0 Å². The number of sulfonamides is 1. The number of carbonyl (C=O) groups is 1. The molecule has 0 spiro atoms. The lowest BCUT2D eigenvalue weighted by Gasteiger charge is -2.29. The van der Waals surface area contributed by atoms with Crippen molar-refractivity contribution in [2.75, 3.05) is 25.9 Å². The standard InChI is InChI=1S/C11H15N3O3S/c1-3-13(2)11(15)9-5-4-6-14-7-8-18(16,17)12-10(9)14/h4-6H,3,7-8H2,1-2H3. The van der Waals surface area contributed by atoms with Crippen LogP contribution in [0.5, 0.6) is 0 Å². The summed E-state index contributed by atoms with van der Waals surface area (Å²) in [5.74, 6) is -0.0110. The molecule has 0 bridgehead atoms. The second-order valence-corrected chi connectivity index (χ2v) is 5.89. The molecule has 0 unspecified atom stereocenters. The molecule has 0 aromatic heterocycles. The van der Waals surface area contributed by atoms with Crippen LogP contribution in [-0.2, 0) is 14.8 Å². The highest BCUT2D eigenvalue weighted by molar-refractivity contribution is 7.90. The van der Waals surface area contributed by atoms with Crippen LogP contribution >= 0.6 is 0 Å². The fourth-order valence-electron chi connectivity index (χ4n) is 1.73. The molecule has 0 saturated heterocycles. The summed E-state index contributed by atoms with van der Waals surface area (Å²) in [5.41, 5.74) is 0.324. The summed E-state index contributed by atoms with van der Waals surface area (Å²) < 4.78 is 26.7. The largest absolute Gasteiger partial charge is 0.342 e. The first kappa shape index (κ1) is 12.8. The van der Waals surface area contributed by atoms with Crippen molar-refractivity contribution in [1.29, 1.82) is 0 Å². The van der Waals surface area contributed by atoms with E-state index in [1.807, 2.05) is 6.92 Å². The zero-order valence-corrected chi connectivity index (χ0v) is 11.1. The third-order valence-electron chi connectivity index (χ3n) is 2.91. The third kappa shape index (κ3) is 2.31. The van der Waals surface area contributed by atoms with Gasteiger partial charge in [-0.2, -0.15) is 0 Å². The van der Waals surface area contributed by atoms with Gasteiger partial charge in [0.05, 0.1) is 11.3 Å². The van der Waals surface area contributed by atoms with E-state index in [0.717, 1.165) is 0 Å². The zero-order valence-electron chi connectivity index (χ0n) is 10.3. The van der Waals surface area contributed by atoms with E-state index in [1.54, 1.807) is 30.3 Å². The lowest BCUT2D eigenvalue weighted by Crippen LogP contribution is -2.42. The molecule has 0 aromatic carbocycles. The second kappa shape index (κ2) is 4.56. The number of hydrogen-bond donors (Lipinski definition) is 0. The molecule has 2 aliphatic heterocycles. The highest BCUT2D eigenvalue weighted by Gasteiger charge is 2.30. The molecule has 2 heterocycles. The molecule has 1 amide bonds. The normalized spacial score (nSPS) is 20.9. The summed E-state index contributed by atoms with van der Waals surface area (Å²) in [5, 5.41) is 0. The Kier molecular flexibility index (Phi) is 3.25. The first-order chi connectivity index (χ1) is 8.44. The van der Waals surface area contributed by atoms with Gasteiger partial charge in [0, 0.05) is 26.3 Å². The van der Waals surface area contributed by atoms with Gasteiger partial charge >= 0.3 is 0 Å². The maximum Gasteiger partial charge on any atom is 0.257 e. The van der Waals surface area contributed by atoms with Gasteiger partial charge in [-0.05, 0) is 19.1 Å². The van der Waals surface area contributed by atoms with Gasteiger partial charge in [0.2, 0.25) is 0 Å². The fourth-order valence-corrected chi connectivity index (χ4v) is 2.72. The molecule has 2 rings (SSSR count). The quantitative estimate of drug-likeness (QED) is 0.705. The van der Waals surface area contributed by atoms with Crippen LogP contribution in [0.1, 0.15) is 6.92 Å². The monoisotopic (exact) mass is 269 g/mol. The van der Waals surface area contributed by atoms with Crippen molar-refractivity contribution in [1.82, 2.24) is 9.80 Å². The summed E-state index contributed by atoms with van der Waals surface area (Å²) in [6.07, 6.45) is 5.06. The Bertz CT molecular complexity index is 560. The van der Waals surface area contributed by atoms with Crippen LogP contribution in [0.4, 0.5) is 0 Å². The summed E-state index contributed by atoms with van der Waals surface area (Å²) >= 11 is 0. The van der Waals surface area contributed by atoms with Crippen molar-refractivity contribution in [3.63, 3.8) is 0 Å². The molecule has 6 nitrogen and oxygen atoms in total. The van der Waals surface area contributed by atoms with Crippen molar-refractivity contribution >= 4 is 21.8 Å². The molecule has 0 aromatic rings. The minimum absolute atomic E-state index is 0.0219. The van der Waals surface area contributed by atoms with Gasteiger partial charge in [0.15, 0.2) is 5.84 Å². The van der Waals surface area contributed by atoms with Crippen LogP contribution in [0, 0.1) is 0 Å². The Morgan fingerprint density at radius 2 is 2.28 bits per heavy atom. The average molecular weight is 269 g/mol. The predicted molar refractivity (Wildman–Crippen MR) is 68.5 cm³/mol. The molecule has 0 fully saturated rings. The SMILES string of the molecule is CCN(C)C(=O)C1=CC=CN2CCS(=O)(=O)N=C12. The number of fused-ring (bicyclic) bond motifs is 1. The fraction of sp³-hybridized carbons (Fsp3) is 0.455. The maximum absolute atomic E-state index is 12.1. The third-order valence-corrected chi connectivity index (χ3v) is 4.06. The molecule has 18 heavy (non-hydrogen) atoms. The van der Waals surface area contributed by atoms with Crippen LogP contribution in [-0.4, -0.2) is 55.9 Å². The van der Waals surface area contributed by atoms with E-state index in [9.17, 15) is 13.2 Å². The van der Waals surface area contributed by atoms with Crippen molar-refractivity contribution < 1.29 is 13.2 Å². The van der Waals surface area contributed by atoms with Crippen molar-refractivity contribution in [2.24, 2.45) is 4.40 Å². The second-order valence-electron chi connectivity index (χ2n) is 4.14. The highest BCUT2D eigenvalue weighted by atomic mass is 32.2. The van der Waals surface area contributed by atoms with E-state index in [1.165, 1.54) is 4.90 Å². The molecule has 0 N–H and O–H groups in total. The predicted octanol–water partition coefficient (Wildman–Crippen LogP) is -0.0377. The molecular weight excluding hydrogens is 254 g/mol. The van der Waals surface area contributed by atoms with Gasteiger partial charge in [-0.15, -0.1) is 4.40 Å². The lowest BCUT2D eigenvalue weighted by atomic mass is 10.1.